The van der Waals surface area contributed by atoms with Crippen LogP contribution in [0.2, 0.25) is 4.34 Å². The first kappa shape index (κ1) is 16.0. The van der Waals surface area contributed by atoms with Crippen molar-refractivity contribution >= 4 is 50.2 Å². The molecule has 0 N–H and O–H groups in total. The fourth-order valence-corrected chi connectivity index (χ4v) is 4.39. The molecule has 0 bridgehead atoms. The Labute approximate surface area is 145 Å². The van der Waals surface area contributed by atoms with Crippen molar-refractivity contribution in [3.8, 4) is 10.6 Å². The molecule has 0 amide bonds. The van der Waals surface area contributed by atoms with E-state index in [2.05, 4.69) is 21.0 Å². The molecule has 0 aliphatic carbocycles. The van der Waals surface area contributed by atoms with Gasteiger partial charge in [0.1, 0.15) is 0 Å². The van der Waals surface area contributed by atoms with Gasteiger partial charge in [-0.2, -0.15) is 18.3 Å². The maximum Gasteiger partial charge on any atom is 0.435 e. The quantitative estimate of drug-likeness (QED) is 0.490. The molecule has 3 heterocycles. The second-order valence-electron chi connectivity index (χ2n) is 4.38. The molecule has 0 fully saturated rings. The van der Waals surface area contributed by atoms with E-state index in [0.29, 0.717) is 10.0 Å². The molecule has 0 saturated heterocycles. The summed E-state index contributed by atoms with van der Waals surface area (Å²) in [5, 5.41) is 3.72. The van der Waals surface area contributed by atoms with E-state index >= 15 is 0 Å². The van der Waals surface area contributed by atoms with Gasteiger partial charge in [0.15, 0.2) is 5.69 Å². The first-order chi connectivity index (χ1) is 10.3. The van der Waals surface area contributed by atoms with E-state index in [1.807, 2.05) is 0 Å². The predicted octanol–water partition coefficient (Wildman–Crippen LogP) is 6.16. The van der Waals surface area contributed by atoms with Crippen LogP contribution in [0.4, 0.5) is 13.2 Å². The van der Waals surface area contributed by atoms with E-state index in [4.69, 9.17) is 11.6 Å². The number of alkyl halides is 3. The van der Waals surface area contributed by atoms with Crippen molar-refractivity contribution in [3.05, 3.63) is 49.0 Å². The predicted molar refractivity (Wildman–Crippen MR) is 86.7 cm³/mol. The Morgan fingerprint density at radius 2 is 1.95 bits per heavy atom. The summed E-state index contributed by atoms with van der Waals surface area (Å²) >= 11 is 11.9. The highest BCUT2D eigenvalue weighted by Crippen LogP contribution is 2.36. The molecule has 0 saturated carbocycles. The second kappa shape index (κ2) is 5.99. The van der Waals surface area contributed by atoms with Crippen molar-refractivity contribution in [2.24, 2.45) is 0 Å². The van der Waals surface area contributed by atoms with Crippen LogP contribution in [0.15, 0.2) is 34.1 Å². The molecular formula is C13H7BrClF3N2S2. The first-order valence-electron chi connectivity index (χ1n) is 5.98. The third-order valence-corrected chi connectivity index (χ3v) is 5.69. The summed E-state index contributed by atoms with van der Waals surface area (Å²) in [6, 6.07) is 8.15. The Morgan fingerprint density at radius 1 is 1.18 bits per heavy atom. The Kier molecular flexibility index (Phi) is 4.37. The number of thiophene rings is 2. The molecule has 0 aliphatic heterocycles. The first-order valence-corrected chi connectivity index (χ1v) is 8.78. The Bertz CT molecular complexity index is 806. The number of rotatable bonds is 3. The standard InChI is InChI=1S/C13H7BrClF3N2S2/c14-11-3-2-9(22-11)8-5-10(13(16,17)18)19-20(8)6-7-1-4-12(15)21-7/h1-5H,6H2. The molecule has 3 aromatic heterocycles. The van der Waals surface area contributed by atoms with Gasteiger partial charge in [-0.05, 0) is 46.3 Å². The van der Waals surface area contributed by atoms with Crippen LogP contribution in [0.1, 0.15) is 10.6 Å². The van der Waals surface area contributed by atoms with Gasteiger partial charge in [0.05, 0.1) is 25.2 Å². The monoisotopic (exact) mass is 426 g/mol. The summed E-state index contributed by atoms with van der Waals surface area (Å²) in [6.45, 7) is 0.248. The van der Waals surface area contributed by atoms with Crippen LogP contribution in [0.5, 0.6) is 0 Å². The summed E-state index contributed by atoms with van der Waals surface area (Å²) in [5.41, 5.74) is -0.456. The molecule has 22 heavy (non-hydrogen) atoms. The second-order valence-corrected chi connectivity index (χ2v) is 8.64. The molecule has 0 aliphatic rings. The Morgan fingerprint density at radius 3 is 2.50 bits per heavy atom. The molecular weight excluding hydrogens is 421 g/mol. The summed E-state index contributed by atoms with van der Waals surface area (Å²) < 4.78 is 41.6. The third kappa shape index (κ3) is 3.40. The van der Waals surface area contributed by atoms with Gasteiger partial charge in [-0.25, -0.2) is 0 Å². The Hall–Kier alpha value is -0.830. The fourth-order valence-electron chi connectivity index (χ4n) is 1.91. The van der Waals surface area contributed by atoms with Gasteiger partial charge < -0.3 is 0 Å². The van der Waals surface area contributed by atoms with Crippen molar-refractivity contribution < 1.29 is 13.2 Å². The average Bonchev–Trinajstić information content (AvgIpc) is 3.10. The summed E-state index contributed by atoms with van der Waals surface area (Å²) in [5.74, 6) is 0. The van der Waals surface area contributed by atoms with Crippen LogP contribution in [0, 0.1) is 0 Å². The van der Waals surface area contributed by atoms with Gasteiger partial charge >= 0.3 is 6.18 Å². The molecule has 0 aromatic carbocycles. The minimum Gasteiger partial charge on any atom is -0.258 e. The van der Waals surface area contributed by atoms with Gasteiger partial charge in [-0.1, -0.05) is 11.6 Å². The van der Waals surface area contributed by atoms with E-state index in [0.717, 1.165) is 19.6 Å². The molecule has 9 heteroatoms. The van der Waals surface area contributed by atoms with Crippen molar-refractivity contribution in [2.45, 2.75) is 12.7 Å². The van der Waals surface area contributed by atoms with Crippen molar-refractivity contribution in [3.63, 3.8) is 0 Å². The van der Waals surface area contributed by atoms with Crippen LogP contribution in [-0.2, 0) is 12.7 Å². The zero-order valence-electron chi connectivity index (χ0n) is 10.7. The minimum absolute atomic E-state index is 0.248. The van der Waals surface area contributed by atoms with Crippen LogP contribution in [0.3, 0.4) is 0 Å². The Balaban J connectivity index is 2.04. The SMILES string of the molecule is FC(F)(F)c1cc(-c2ccc(Br)s2)n(Cc2ccc(Cl)s2)n1. The maximum atomic E-state index is 12.9. The summed E-state index contributed by atoms with van der Waals surface area (Å²) in [7, 11) is 0. The van der Waals surface area contributed by atoms with E-state index in [9.17, 15) is 13.2 Å². The lowest BCUT2D eigenvalue weighted by Crippen LogP contribution is -2.08. The number of nitrogens with zero attached hydrogens (tertiary/aromatic N) is 2. The highest BCUT2D eigenvalue weighted by Gasteiger charge is 2.35. The number of aromatic nitrogens is 2. The highest BCUT2D eigenvalue weighted by atomic mass is 79.9. The average molecular weight is 428 g/mol. The van der Waals surface area contributed by atoms with E-state index in [1.165, 1.54) is 27.4 Å². The largest absolute Gasteiger partial charge is 0.435 e. The highest BCUT2D eigenvalue weighted by molar-refractivity contribution is 9.11. The molecule has 0 unspecified atom stereocenters. The smallest absolute Gasteiger partial charge is 0.258 e. The fraction of sp³-hybridized carbons (Fsp3) is 0.154. The van der Waals surface area contributed by atoms with Gasteiger partial charge in [0.2, 0.25) is 0 Å². The normalized spacial score (nSPS) is 12.0. The van der Waals surface area contributed by atoms with Gasteiger partial charge in [-0.3, -0.25) is 4.68 Å². The molecule has 2 nitrogen and oxygen atoms in total. The zero-order valence-corrected chi connectivity index (χ0v) is 14.7. The van der Waals surface area contributed by atoms with Crippen LogP contribution >= 0.6 is 50.2 Å². The summed E-state index contributed by atoms with van der Waals surface area (Å²) in [4.78, 5) is 1.57. The van der Waals surface area contributed by atoms with E-state index in [-0.39, 0.29) is 6.54 Å². The van der Waals surface area contributed by atoms with Crippen molar-refractivity contribution in [2.75, 3.05) is 0 Å². The number of hydrogen-bond donors (Lipinski definition) is 0. The van der Waals surface area contributed by atoms with Gasteiger partial charge in [0, 0.05) is 4.88 Å². The van der Waals surface area contributed by atoms with Crippen LogP contribution < -0.4 is 0 Å². The van der Waals surface area contributed by atoms with Crippen molar-refractivity contribution in [1.82, 2.24) is 9.78 Å². The van der Waals surface area contributed by atoms with E-state index in [1.54, 1.807) is 24.3 Å². The summed E-state index contributed by atoms with van der Waals surface area (Å²) in [6.07, 6.45) is -4.47. The molecule has 0 atom stereocenters. The lowest BCUT2D eigenvalue weighted by Gasteiger charge is -2.04. The molecule has 3 aromatic rings. The molecule has 0 radical (unpaired) electrons. The number of halogens is 5. The third-order valence-electron chi connectivity index (χ3n) is 2.83. The number of hydrogen-bond acceptors (Lipinski definition) is 3. The minimum atomic E-state index is -4.47. The van der Waals surface area contributed by atoms with Gasteiger partial charge in [0.25, 0.3) is 0 Å². The molecule has 0 spiro atoms. The van der Waals surface area contributed by atoms with E-state index < -0.39 is 11.9 Å². The lowest BCUT2D eigenvalue weighted by atomic mass is 10.3. The van der Waals surface area contributed by atoms with Gasteiger partial charge in [-0.15, -0.1) is 22.7 Å². The molecule has 116 valence electrons. The zero-order chi connectivity index (χ0) is 15.9. The lowest BCUT2D eigenvalue weighted by molar-refractivity contribution is -0.141. The molecule has 3 rings (SSSR count). The topological polar surface area (TPSA) is 17.8 Å². The van der Waals surface area contributed by atoms with Crippen LogP contribution in [-0.4, -0.2) is 9.78 Å². The van der Waals surface area contributed by atoms with Crippen molar-refractivity contribution in [1.29, 1.82) is 0 Å². The van der Waals surface area contributed by atoms with Crippen LogP contribution in [0.25, 0.3) is 10.6 Å². The maximum absolute atomic E-state index is 12.9.